The smallest absolute Gasteiger partial charge is 0.311 e. The van der Waals surface area contributed by atoms with E-state index in [-0.39, 0.29) is 11.9 Å². The largest absolute Gasteiger partial charge is 0.347 e. The van der Waals surface area contributed by atoms with E-state index in [1.54, 1.807) is 0 Å². The second-order valence-corrected chi connectivity index (χ2v) is 6.28. The fraction of sp³-hybridized carbons (Fsp3) is 0.562. The first-order chi connectivity index (χ1) is 10.6. The molecule has 1 aromatic carbocycles. The van der Waals surface area contributed by atoms with Crippen molar-refractivity contribution < 1.29 is 13.2 Å². The maximum absolute atomic E-state index is 12.4. The predicted molar refractivity (Wildman–Crippen MR) is 84.9 cm³/mol. The first-order valence-electron chi connectivity index (χ1n) is 7.80. The van der Waals surface area contributed by atoms with Crippen molar-refractivity contribution in [2.75, 3.05) is 0 Å². The summed E-state index contributed by atoms with van der Waals surface area (Å²) in [6.45, 7) is 2.00. The number of carbonyl (C=O) groups excluding carboxylic acids is 1. The van der Waals surface area contributed by atoms with Gasteiger partial charge in [-0.15, -0.1) is 0 Å². The van der Waals surface area contributed by atoms with Gasteiger partial charge in [-0.25, -0.2) is 0 Å². The van der Waals surface area contributed by atoms with Crippen molar-refractivity contribution >= 4 is 16.4 Å². The Balaban J connectivity index is 2.12. The van der Waals surface area contributed by atoms with Crippen LogP contribution in [0.5, 0.6) is 0 Å². The van der Waals surface area contributed by atoms with E-state index in [9.17, 15) is 13.2 Å². The van der Waals surface area contributed by atoms with Crippen molar-refractivity contribution in [3.8, 4) is 0 Å². The van der Waals surface area contributed by atoms with Crippen molar-refractivity contribution in [3.63, 3.8) is 0 Å². The highest BCUT2D eigenvalue weighted by atomic mass is 32.2. The molecule has 0 heterocycles. The van der Waals surface area contributed by atoms with E-state index in [2.05, 4.69) is 15.7 Å². The molecule has 0 spiro atoms. The molecule has 0 bridgehead atoms. The van der Waals surface area contributed by atoms with Crippen LogP contribution in [0.3, 0.4) is 0 Å². The molecule has 22 heavy (non-hydrogen) atoms. The number of fused-ring (bicyclic) bond motifs is 1. The van der Waals surface area contributed by atoms with Crippen LogP contribution in [0, 0.1) is 0 Å². The predicted octanol–water partition coefficient (Wildman–Crippen LogP) is 2.80. The van der Waals surface area contributed by atoms with Gasteiger partial charge in [-0.05, 0) is 36.8 Å². The van der Waals surface area contributed by atoms with Crippen LogP contribution in [0.4, 0.5) is 0 Å². The Morgan fingerprint density at radius 2 is 2.18 bits per heavy atom. The van der Waals surface area contributed by atoms with Gasteiger partial charge in [0.1, 0.15) is 6.04 Å². The van der Waals surface area contributed by atoms with E-state index in [1.807, 2.05) is 25.1 Å². The minimum Gasteiger partial charge on any atom is -0.347 e. The standard InChI is InChI=1S/C16H22N2O3S/c1-2-3-10-15(18-22(20)21)16(19)17-14-11-6-8-12-7-4-5-9-13(12)14/h4-5,7,9,14-15H,2-3,6,8,10-11H2,1H3,(H,17,19). The molecule has 1 amide bonds. The van der Waals surface area contributed by atoms with E-state index in [0.717, 1.165) is 37.7 Å². The van der Waals surface area contributed by atoms with Crippen molar-refractivity contribution in [2.24, 2.45) is 4.36 Å². The fourth-order valence-corrected chi connectivity index (χ4v) is 3.31. The van der Waals surface area contributed by atoms with Gasteiger partial charge in [0.2, 0.25) is 5.91 Å². The minimum atomic E-state index is -2.56. The third-order valence-corrected chi connectivity index (χ3v) is 4.46. The summed E-state index contributed by atoms with van der Waals surface area (Å²) in [6.07, 6.45) is 5.06. The number of rotatable bonds is 6. The Kier molecular flexibility index (Phi) is 6.12. The van der Waals surface area contributed by atoms with Crippen molar-refractivity contribution in [1.82, 2.24) is 5.32 Å². The van der Waals surface area contributed by atoms with Gasteiger partial charge in [-0.3, -0.25) is 4.79 Å². The molecule has 2 atom stereocenters. The number of nitrogens with zero attached hydrogens (tertiary/aromatic N) is 1. The van der Waals surface area contributed by atoms with E-state index < -0.39 is 16.5 Å². The molecule has 120 valence electrons. The number of benzene rings is 1. The van der Waals surface area contributed by atoms with E-state index in [4.69, 9.17) is 0 Å². The second-order valence-electron chi connectivity index (χ2n) is 5.63. The molecule has 1 aliphatic carbocycles. The zero-order valence-corrected chi connectivity index (χ0v) is 13.6. The minimum absolute atomic E-state index is 0.0446. The summed E-state index contributed by atoms with van der Waals surface area (Å²) in [5.74, 6) is -0.292. The molecule has 1 N–H and O–H groups in total. The number of unbranched alkanes of at least 4 members (excludes halogenated alkanes) is 1. The fourth-order valence-electron chi connectivity index (χ4n) is 2.90. The normalized spacial score (nSPS) is 18.1. The monoisotopic (exact) mass is 322 g/mol. The number of amides is 1. The molecule has 2 unspecified atom stereocenters. The first-order valence-corrected chi connectivity index (χ1v) is 8.83. The summed E-state index contributed by atoms with van der Waals surface area (Å²) in [7, 11) is -2.56. The lowest BCUT2D eigenvalue weighted by atomic mass is 9.87. The van der Waals surface area contributed by atoms with Crippen LogP contribution < -0.4 is 5.32 Å². The summed E-state index contributed by atoms with van der Waals surface area (Å²) in [4.78, 5) is 12.4. The van der Waals surface area contributed by atoms with Crippen molar-refractivity contribution in [3.05, 3.63) is 35.4 Å². The number of nitrogens with one attached hydrogen (secondary N) is 1. The van der Waals surface area contributed by atoms with Crippen molar-refractivity contribution in [2.45, 2.75) is 57.5 Å². The molecule has 0 aliphatic heterocycles. The number of hydrogen-bond donors (Lipinski definition) is 1. The highest BCUT2D eigenvalue weighted by Gasteiger charge is 2.25. The van der Waals surface area contributed by atoms with Crippen LogP contribution in [0.2, 0.25) is 0 Å². The van der Waals surface area contributed by atoms with Gasteiger partial charge in [-0.2, -0.15) is 12.8 Å². The van der Waals surface area contributed by atoms with Gasteiger partial charge < -0.3 is 5.32 Å². The Morgan fingerprint density at radius 1 is 1.41 bits per heavy atom. The zero-order chi connectivity index (χ0) is 15.9. The van der Waals surface area contributed by atoms with Crippen LogP contribution in [0.1, 0.15) is 56.2 Å². The summed E-state index contributed by atoms with van der Waals surface area (Å²) in [5, 5.41) is 2.98. The summed E-state index contributed by atoms with van der Waals surface area (Å²) in [5.41, 5.74) is 2.40. The topological polar surface area (TPSA) is 75.6 Å². The van der Waals surface area contributed by atoms with Gasteiger partial charge in [0.25, 0.3) is 0 Å². The molecule has 0 saturated carbocycles. The first kappa shape index (κ1) is 16.7. The van der Waals surface area contributed by atoms with E-state index in [0.29, 0.717) is 6.42 Å². The van der Waals surface area contributed by atoms with Crippen molar-refractivity contribution in [1.29, 1.82) is 0 Å². The maximum atomic E-state index is 12.4. The van der Waals surface area contributed by atoms with Gasteiger partial charge >= 0.3 is 10.5 Å². The third-order valence-electron chi connectivity index (χ3n) is 4.03. The average Bonchev–Trinajstić information content (AvgIpc) is 2.51. The Bertz CT molecular complexity index is 647. The molecule has 0 fully saturated rings. The summed E-state index contributed by atoms with van der Waals surface area (Å²) in [6, 6.07) is 7.23. The molecule has 1 aliphatic rings. The van der Waals surface area contributed by atoms with Crippen LogP contribution in [0.15, 0.2) is 28.6 Å². The van der Waals surface area contributed by atoms with Crippen LogP contribution >= 0.6 is 0 Å². The molecular weight excluding hydrogens is 300 g/mol. The highest BCUT2D eigenvalue weighted by Crippen LogP contribution is 2.29. The van der Waals surface area contributed by atoms with Gasteiger partial charge in [0.15, 0.2) is 0 Å². The molecule has 0 saturated heterocycles. The Morgan fingerprint density at radius 3 is 2.91 bits per heavy atom. The average molecular weight is 322 g/mol. The Hall–Kier alpha value is -1.69. The van der Waals surface area contributed by atoms with E-state index >= 15 is 0 Å². The zero-order valence-electron chi connectivity index (χ0n) is 12.8. The van der Waals surface area contributed by atoms with E-state index in [1.165, 1.54) is 5.56 Å². The third kappa shape index (κ3) is 4.40. The lowest BCUT2D eigenvalue weighted by Gasteiger charge is -2.27. The number of hydrogen-bond acceptors (Lipinski definition) is 4. The molecule has 0 aromatic heterocycles. The molecule has 1 aromatic rings. The molecule has 5 nitrogen and oxygen atoms in total. The molecule has 6 heteroatoms. The van der Waals surface area contributed by atoms with Crippen LogP contribution in [-0.2, 0) is 21.7 Å². The SMILES string of the molecule is CCCCC(N=S(=O)=O)C(=O)NC1CCCc2ccccc21. The lowest BCUT2D eigenvalue weighted by molar-refractivity contribution is -0.123. The van der Waals surface area contributed by atoms with Gasteiger partial charge in [0, 0.05) is 0 Å². The Labute approximate surface area is 132 Å². The highest BCUT2D eigenvalue weighted by molar-refractivity contribution is 7.61. The summed E-state index contributed by atoms with van der Waals surface area (Å²) < 4.78 is 25.2. The number of aryl methyl sites for hydroxylation is 1. The second kappa shape index (κ2) is 8.08. The quantitative estimate of drug-likeness (QED) is 0.875. The van der Waals surface area contributed by atoms with Crippen LogP contribution in [0.25, 0.3) is 0 Å². The molecule has 2 rings (SSSR count). The maximum Gasteiger partial charge on any atom is 0.311 e. The molecular formula is C16H22N2O3S. The molecule has 0 radical (unpaired) electrons. The lowest BCUT2D eigenvalue weighted by Crippen LogP contribution is -2.37. The van der Waals surface area contributed by atoms with Gasteiger partial charge in [0.05, 0.1) is 6.04 Å². The van der Waals surface area contributed by atoms with Crippen LogP contribution in [-0.4, -0.2) is 20.4 Å². The summed E-state index contributed by atoms with van der Waals surface area (Å²) >= 11 is 0. The number of carbonyl (C=O) groups is 1. The van der Waals surface area contributed by atoms with Gasteiger partial charge in [-0.1, -0.05) is 44.0 Å².